The number of aliphatic hydroxyl groups is 1. The van der Waals surface area contributed by atoms with Crippen LogP contribution in [-0.2, 0) is 4.79 Å². The fourth-order valence-corrected chi connectivity index (χ4v) is 1.18. The fraction of sp³-hybridized carbons (Fsp3) is 0.727. The van der Waals surface area contributed by atoms with E-state index in [4.69, 9.17) is 5.11 Å². The van der Waals surface area contributed by atoms with Crippen molar-refractivity contribution in [2.75, 3.05) is 26.2 Å². The van der Waals surface area contributed by atoms with Crippen LogP contribution in [0.4, 0.5) is 0 Å². The lowest BCUT2D eigenvalue weighted by Gasteiger charge is -2.10. The van der Waals surface area contributed by atoms with Gasteiger partial charge in [0.1, 0.15) is 0 Å². The Hall–Kier alpha value is -0.910. The van der Waals surface area contributed by atoms with Gasteiger partial charge < -0.3 is 20.8 Å². The molecule has 0 saturated heterocycles. The molecule has 0 aromatic carbocycles. The number of allylic oxidation sites excluding steroid dienone is 1. The van der Waals surface area contributed by atoms with Crippen LogP contribution in [0.3, 0.4) is 0 Å². The van der Waals surface area contributed by atoms with Gasteiger partial charge in [-0.15, -0.1) is 6.58 Å². The number of aliphatic carboxylic acids is 1. The van der Waals surface area contributed by atoms with Crippen molar-refractivity contribution in [1.82, 2.24) is 10.6 Å². The Labute approximate surface area is 96.5 Å². The largest absolute Gasteiger partial charge is 0.481 e. The molecule has 0 aromatic heterocycles. The van der Waals surface area contributed by atoms with Gasteiger partial charge in [0.2, 0.25) is 0 Å². The molecule has 0 rings (SSSR count). The lowest BCUT2D eigenvalue weighted by molar-refractivity contribution is -0.136. The molecule has 5 nitrogen and oxygen atoms in total. The normalized spacial score (nSPS) is 12.3. The zero-order chi connectivity index (χ0) is 12.2. The number of carboxylic acid groups (broad SMARTS) is 1. The molecule has 0 aromatic rings. The van der Waals surface area contributed by atoms with Crippen LogP contribution >= 0.6 is 0 Å². The summed E-state index contributed by atoms with van der Waals surface area (Å²) < 4.78 is 0. The van der Waals surface area contributed by atoms with Gasteiger partial charge in [-0.2, -0.15) is 0 Å². The number of carbonyl (C=O) groups is 1. The summed E-state index contributed by atoms with van der Waals surface area (Å²) in [6.45, 7) is 6.07. The number of rotatable bonds is 11. The lowest BCUT2D eigenvalue weighted by Crippen LogP contribution is -2.33. The van der Waals surface area contributed by atoms with E-state index in [9.17, 15) is 9.90 Å². The lowest BCUT2D eigenvalue weighted by atomic mass is 10.2. The van der Waals surface area contributed by atoms with E-state index in [1.165, 1.54) is 0 Å². The smallest absolute Gasteiger partial charge is 0.304 e. The van der Waals surface area contributed by atoms with E-state index in [2.05, 4.69) is 17.2 Å². The molecule has 1 atom stereocenters. The Morgan fingerprint density at radius 2 is 2.00 bits per heavy atom. The molecule has 0 fully saturated rings. The van der Waals surface area contributed by atoms with E-state index in [0.717, 1.165) is 19.4 Å². The quantitative estimate of drug-likeness (QED) is 0.296. The minimum Gasteiger partial charge on any atom is -0.481 e. The highest BCUT2D eigenvalue weighted by Crippen LogP contribution is 1.95. The molecule has 94 valence electrons. The highest BCUT2D eigenvalue weighted by atomic mass is 16.4. The maximum atomic E-state index is 10.2. The molecule has 0 radical (unpaired) electrons. The average molecular weight is 230 g/mol. The van der Waals surface area contributed by atoms with Gasteiger partial charge in [0.15, 0.2) is 0 Å². The summed E-state index contributed by atoms with van der Waals surface area (Å²) in [6.07, 6.45) is 3.14. The Bertz CT molecular complexity index is 198. The van der Waals surface area contributed by atoms with Gasteiger partial charge in [-0.25, -0.2) is 0 Å². The molecule has 0 amide bonds. The van der Waals surface area contributed by atoms with Crippen LogP contribution in [0.5, 0.6) is 0 Å². The first-order valence-corrected chi connectivity index (χ1v) is 5.59. The molecular formula is C11H22N2O3. The van der Waals surface area contributed by atoms with E-state index >= 15 is 0 Å². The molecule has 4 N–H and O–H groups in total. The molecule has 1 unspecified atom stereocenters. The van der Waals surface area contributed by atoms with Crippen molar-refractivity contribution < 1.29 is 15.0 Å². The third-order valence-corrected chi connectivity index (χ3v) is 2.08. The van der Waals surface area contributed by atoms with E-state index in [-0.39, 0.29) is 12.5 Å². The number of hydrogen-bond donors (Lipinski definition) is 4. The third-order valence-electron chi connectivity index (χ3n) is 2.08. The first kappa shape index (κ1) is 15.1. The van der Waals surface area contributed by atoms with Gasteiger partial charge in [-0.1, -0.05) is 6.08 Å². The van der Waals surface area contributed by atoms with E-state index in [1.54, 1.807) is 6.08 Å². The predicted molar refractivity (Wildman–Crippen MR) is 63.4 cm³/mol. The maximum absolute atomic E-state index is 10.2. The monoisotopic (exact) mass is 230 g/mol. The second-order valence-electron chi connectivity index (χ2n) is 3.62. The Kier molecular flexibility index (Phi) is 10.00. The third kappa shape index (κ3) is 11.2. The van der Waals surface area contributed by atoms with Crippen LogP contribution in [0.1, 0.15) is 19.3 Å². The van der Waals surface area contributed by atoms with Crippen molar-refractivity contribution in [3.8, 4) is 0 Å². The summed E-state index contributed by atoms with van der Waals surface area (Å²) in [6, 6.07) is 0. The van der Waals surface area contributed by atoms with Gasteiger partial charge in [-0.05, 0) is 12.8 Å². The number of nitrogens with one attached hydrogen (secondary N) is 2. The molecule has 0 aliphatic rings. The zero-order valence-corrected chi connectivity index (χ0v) is 9.61. The van der Waals surface area contributed by atoms with Crippen molar-refractivity contribution in [2.24, 2.45) is 0 Å². The van der Waals surface area contributed by atoms with Crippen molar-refractivity contribution >= 4 is 5.97 Å². The average Bonchev–Trinajstić information content (AvgIpc) is 2.24. The maximum Gasteiger partial charge on any atom is 0.304 e. The summed E-state index contributed by atoms with van der Waals surface area (Å²) in [5, 5.41) is 23.9. The van der Waals surface area contributed by atoms with Crippen molar-refractivity contribution in [2.45, 2.75) is 25.4 Å². The predicted octanol–water partition coefficient (Wildman–Crippen LogP) is -0.0326. The summed E-state index contributed by atoms with van der Waals surface area (Å²) in [7, 11) is 0. The van der Waals surface area contributed by atoms with Gasteiger partial charge in [0.25, 0.3) is 0 Å². The Morgan fingerprint density at radius 1 is 1.31 bits per heavy atom. The number of carboxylic acids is 1. The zero-order valence-electron chi connectivity index (χ0n) is 9.61. The Balaban J connectivity index is 3.14. The van der Waals surface area contributed by atoms with Gasteiger partial charge in [0.05, 0.1) is 12.5 Å². The van der Waals surface area contributed by atoms with Crippen LogP contribution in [0.25, 0.3) is 0 Å². The number of hydrogen-bond acceptors (Lipinski definition) is 4. The topological polar surface area (TPSA) is 81.6 Å². The van der Waals surface area contributed by atoms with Crippen molar-refractivity contribution in [3.05, 3.63) is 12.7 Å². The molecule has 0 heterocycles. The molecule has 16 heavy (non-hydrogen) atoms. The van der Waals surface area contributed by atoms with Crippen LogP contribution in [0.2, 0.25) is 0 Å². The summed E-state index contributed by atoms with van der Waals surface area (Å²) in [5.41, 5.74) is 0. The first-order chi connectivity index (χ1) is 7.66. The van der Waals surface area contributed by atoms with Crippen LogP contribution < -0.4 is 10.6 Å². The molecular weight excluding hydrogens is 208 g/mol. The molecule has 0 aliphatic heterocycles. The highest BCUT2D eigenvalue weighted by molar-refractivity contribution is 5.66. The molecule has 0 bridgehead atoms. The summed E-state index contributed by atoms with van der Waals surface area (Å²) >= 11 is 0. The second kappa shape index (κ2) is 10.6. The van der Waals surface area contributed by atoms with Crippen LogP contribution in [0, 0.1) is 0 Å². The van der Waals surface area contributed by atoms with Gasteiger partial charge >= 0.3 is 5.97 Å². The first-order valence-electron chi connectivity index (χ1n) is 5.59. The number of aliphatic hydroxyl groups excluding tert-OH is 1. The van der Waals surface area contributed by atoms with E-state index < -0.39 is 5.97 Å². The molecule has 0 aliphatic carbocycles. The van der Waals surface area contributed by atoms with Gasteiger partial charge in [0, 0.05) is 26.2 Å². The molecule has 0 saturated carbocycles. The van der Waals surface area contributed by atoms with E-state index in [1.807, 2.05) is 0 Å². The Morgan fingerprint density at radius 3 is 2.62 bits per heavy atom. The fourth-order valence-electron chi connectivity index (χ4n) is 1.18. The molecule has 5 heteroatoms. The minimum atomic E-state index is -0.791. The summed E-state index contributed by atoms with van der Waals surface area (Å²) in [5.74, 6) is -0.791. The molecule has 0 spiro atoms. The SMILES string of the molecule is C=CCCC(O)CNCCNCCC(=O)O. The summed E-state index contributed by atoms with van der Waals surface area (Å²) in [4.78, 5) is 10.2. The van der Waals surface area contributed by atoms with Crippen LogP contribution in [-0.4, -0.2) is 48.5 Å². The van der Waals surface area contributed by atoms with Gasteiger partial charge in [-0.3, -0.25) is 4.79 Å². The standard InChI is InChI=1S/C11H22N2O3/c1-2-3-4-10(14)9-13-8-7-12-6-5-11(15)16/h2,10,12-14H,1,3-9H2,(H,15,16). The van der Waals surface area contributed by atoms with Crippen molar-refractivity contribution in [1.29, 1.82) is 0 Å². The highest BCUT2D eigenvalue weighted by Gasteiger charge is 2.01. The van der Waals surface area contributed by atoms with E-state index in [0.29, 0.717) is 19.6 Å². The second-order valence-corrected chi connectivity index (χ2v) is 3.62. The van der Waals surface area contributed by atoms with Crippen molar-refractivity contribution in [3.63, 3.8) is 0 Å². The minimum absolute atomic E-state index is 0.141. The van der Waals surface area contributed by atoms with Crippen LogP contribution in [0.15, 0.2) is 12.7 Å².